The van der Waals surface area contributed by atoms with E-state index in [9.17, 15) is 13.6 Å². The Labute approximate surface area is 108 Å². The molecule has 0 bridgehead atoms. The number of benzene rings is 2. The highest BCUT2D eigenvalue weighted by atomic mass is 19.1. The van der Waals surface area contributed by atoms with Crippen LogP contribution in [0.25, 0.3) is 0 Å². The summed E-state index contributed by atoms with van der Waals surface area (Å²) in [6.07, 6.45) is 0. The summed E-state index contributed by atoms with van der Waals surface area (Å²) in [5, 5.41) is 8.78. The number of aromatic carboxylic acids is 1. The van der Waals surface area contributed by atoms with Gasteiger partial charge in [0.15, 0.2) is 0 Å². The number of hydrogen-bond donors (Lipinski definition) is 1. The van der Waals surface area contributed by atoms with Crippen LogP contribution in [0.2, 0.25) is 0 Å². The van der Waals surface area contributed by atoms with E-state index in [0.29, 0.717) is 0 Å². The smallest absolute Gasteiger partial charge is 0.338 e. The van der Waals surface area contributed by atoms with E-state index in [0.717, 1.165) is 0 Å². The third-order valence-corrected chi connectivity index (χ3v) is 2.50. The van der Waals surface area contributed by atoms with Gasteiger partial charge in [-0.2, -0.15) is 0 Å². The summed E-state index contributed by atoms with van der Waals surface area (Å²) in [5.41, 5.74) is -0.315. The van der Waals surface area contributed by atoms with Crippen LogP contribution in [0, 0.1) is 11.6 Å². The first-order chi connectivity index (χ1) is 9.08. The summed E-state index contributed by atoms with van der Waals surface area (Å²) >= 11 is 0. The first-order valence-corrected chi connectivity index (χ1v) is 5.47. The Balaban J connectivity index is 2.16. The number of carboxylic acid groups (broad SMARTS) is 1. The molecule has 0 radical (unpaired) electrons. The lowest BCUT2D eigenvalue weighted by Crippen LogP contribution is -2.06. The first-order valence-electron chi connectivity index (χ1n) is 5.47. The molecular weight excluding hydrogens is 254 g/mol. The van der Waals surface area contributed by atoms with Crippen molar-refractivity contribution in [2.24, 2.45) is 0 Å². The second-order valence-corrected chi connectivity index (χ2v) is 3.83. The van der Waals surface area contributed by atoms with Crippen LogP contribution in [0.4, 0.5) is 8.78 Å². The number of ether oxygens (including phenoxy) is 1. The highest BCUT2D eigenvalue weighted by Crippen LogP contribution is 2.17. The van der Waals surface area contributed by atoms with Gasteiger partial charge in [-0.15, -0.1) is 0 Å². The molecule has 0 aliphatic heterocycles. The molecule has 0 aliphatic carbocycles. The zero-order valence-corrected chi connectivity index (χ0v) is 9.77. The van der Waals surface area contributed by atoms with Gasteiger partial charge >= 0.3 is 5.97 Å². The predicted octanol–water partition coefficient (Wildman–Crippen LogP) is 3.24. The van der Waals surface area contributed by atoms with Gasteiger partial charge in [-0.25, -0.2) is 13.6 Å². The van der Waals surface area contributed by atoms with Gasteiger partial charge in [-0.3, -0.25) is 0 Å². The van der Waals surface area contributed by atoms with E-state index < -0.39 is 23.2 Å². The van der Waals surface area contributed by atoms with Crippen LogP contribution in [0.15, 0.2) is 42.5 Å². The SMILES string of the molecule is O=C(O)c1cccc(COc2cccc(F)c2)c1F. The van der Waals surface area contributed by atoms with Crippen molar-refractivity contribution in [1.29, 1.82) is 0 Å². The van der Waals surface area contributed by atoms with Crippen LogP contribution in [0.1, 0.15) is 15.9 Å². The fourth-order valence-electron chi connectivity index (χ4n) is 1.57. The van der Waals surface area contributed by atoms with E-state index in [1.165, 1.54) is 42.5 Å². The molecule has 0 aromatic heterocycles. The average Bonchev–Trinajstić information content (AvgIpc) is 2.37. The maximum atomic E-state index is 13.8. The molecule has 98 valence electrons. The van der Waals surface area contributed by atoms with E-state index in [1.54, 1.807) is 0 Å². The number of carboxylic acids is 1. The Kier molecular flexibility index (Phi) is 3.75. The standard InChI is InChI=1S/C14H10F2O3/c15-10-4-2-5-11(7-10)19-8-9-3-1-6-12(13(9)16)14(17)18/h1-7H,8H2,(H,17,18). The lowest BCUT2D eigenvalue weighted by molar-refractivity contribution is 0.0691. The molecule has 2 rings (SSSR count). The van der Waals surface area contributed by atoms with Crippen LogP contribution in [-0.4, -0.2) is 11.1 Å². The second-order valence-electron chi connectivity index (χ2n) is 3.83. The summed E-state index contributed by atoms with van der Waals surface area (Å²) in [6, 6.07) is 9.44. The largest absolute Gasteiger partial charge is 0.489 e. The zero-order valence-electron chi connectivity index (χ0n) is 9.77. The predicted molar refractivity (Wildman–Crippen MR) is 64.1 cm³/mol. The van der Waals surface area contributed by atoms with E-state index in [1.807, 2.05) is 0 Å². The van der Waals surface area contributed by atoms with E-state index in [-0.39, 0.29) is 17.9 Å². The summed E-state index contributed by atoms with van der Waals surface area (Å²) in [5.74, 6) is -2.39. The highest BCUT2D eigenvalue weighted by molar-refractivity contribution is 5.88. The third kappa shape index (κ3) is 3.07. The molecule has 0 spiro atoms. The van der Waals surface area contributed by atoms with Gasteiger partial charge in [0.25, 0.3) is 0 Å². The Morgan fingerprint density at radius 2 is 1.89 bits per heavy atom. The molecule has 2 aromatic rings. The molecule has 0 amide bonds. The quantitative estimate of drug-likeness (QED) is 0.922. The van der Waals surface area contributed by atoms with Gasteiger partial charge < -0.3 is 9.84 Å². The lowest BCUT2D eigenvalue weighted by Gasteiger charge is -2.08. The van der Waals surface area contributed by atoms with Crippen molar-refractivity contribution in [2.75, 3.05) is 0 Å². The highest BCUT2D eigenvalue weighted by Gasteiger charge is 2.13. The number of halogens is 2. The van der Waals surface area contributed by atoms with Gasteiger partial charge in [0.2, 0.25) is 0 Å². The molecule has 0 unspecified atom stereocenters. The van der Waals surface area contributed by atoms with Crippen LogP contribution < -0.4 is 4.74 Å². The van der Waals surface area contributed by atoms with Crippen molar-refractivity contribution < 1.29 is 23.4 Å². The normalized spacial score (nSPS) is 10.2. The van der Waals surface area contributed by atoms with Gasteiger partial charge in [0.05, 0.1) is 5.56 Å². The molecule has 0 saturated carbocycles. The maximum absolute atomic E-state index is 13.8. The van der Waals surface area contributed by atoms with Gasteiger partial charge in [-0.05, 0) is 18.2 Å². The van der Waals surface area contributed by atoms with E-state index in [2.05, 4.69) is 0 Å². The average molecular weight is 264 g/mol. The fourth-order valence-corrected chi connectivity index (χ4v) is 1.57. The molecule has 0 saturated heterocycles. The van der Waals surface area contributed by atoms with E-state index >= 15 is 0 Å². The molecule has 5 heteroatoms. The minimum absolute atomic E-state index is 0.101. The topological polar surface area (TPSA) is 46.5 Å². The van der Waals surface area contributed by atoms with Crippen molar-refractivity contribution in [3.05, 3.63) is 65.2 Å². The maximum Gasteiger partial charge on any atom is 0.338 e. The number of hydrogen-bond acceptors (Lipinski definition) is 2. The molecule has 19 heavy (non-hydrogen) atoms. The van der Waals surface area contributed by atoms with Crippen LogP contribution in [0.3, 0.4) is 0 Å². The van der Waals surface area contributed by atoms with Crippen molar-refractivity contribution in [3.8, 4) is 5.75 Å². The summed E-state index contributed by atoms with van der Waals surface area (Å²) in [7, 11) is 0. The molecular formula is C14H10F2O3. The molecule has 0 atom stereocenters. The molecule has 2 aromatic carbocycles. The Bertz CT molecular complexity index is 611. The summed E-state index contributed by atoms with van der Waals surface area (Å²) in [6.45, 7) is -0.170. The zero-order chi connectivity index (χ0) is 13.8. The van der Waals surface area contributed by atoms with E-state index in [4.69, 9.17) is 9.84 Å². The van der Waals surface area contributed by atoms with Crippen LogP contribution in [-0.2, 0) is 6.61 Å². The summed E-state index contributed by atoms with van der Waals surface area (Å²) < 4.78 is 31.9. The Morgan fingerprint density at radius 1 is 1.16 bits per heavy atom. The Hall–Kier alpha value is -2.43. The molecule has 0 aliphatic rings. The van der Waals surface area contributed by atoms with Gasteiger partial charge in [-0.1, -0.05) is 18.2 Å². The molecule has 1 N–H and O–H groups in total. The first kappa shape index (κ1) is 13.0. The monoisotopic (exact) mass is 264 g/mol. The van der Waals surface area contributed by atoms with Gasteiger partial charge in [0, 0.05) is 11.6 Å². The third-order valence-electron chi connectivity index (χ3n) is 2.50. The van der Waals surface area contributed by atoms with Crippen molar-refractivity contribution in [1.82, 2.24) is 0 Å². The van der Waals surface area contributed by atoms with Crippen LogP contribution in [0.5, 0.6) is 5.75 Å². The van der Waals surface area contributed by atoms with Crippen molar-refractivity contribution in [3.63, 3.8) is 0 Å². The molecule has 0 fully saturated rings. The Morgan fingerprint density at radius 3 is 2.58 bits per heavy atom. The van der Waals surface area contributed by atoms with Crippen LogP contribution >= 0.6 is 0 Å². The fraction of sp³-hybridized carbons (Fsp3) is 0.0714. The number of carbonyl (C=O) groups is 1. The van der Waals surface area contributed by atoms with Crippen molar-refractivity contribution in [2.45, 2.75) is 6.61 Å². The number of rotatable bonds is 4. The minimum Gasteiger partial charge on any atom is -0.489 e. The molecule has 0 heterocycles. The van der Waals surface area contributed by atoms with Crippen molar-refractivity contribution >= 4 is 5.97 Å². The lowest BCUT2D eigenvalue weighted by atomic mass is 10.1. The van der Waals surface area contributed by atoms with Gasteiger partial charge in [0.1, 0.15) is 24.0 Å². The molecule has 3 nitrogen and oxygen atoms in total. The summed E-state index contributed by atoms with van der Waals surface area (Å²) in [4.78, 5) is 10.8. The minimum atomic E-state index is -1.34. The second kappa shape index (κ2) is 5.48.